The molecule has 0 radical (unpaired) electrons. The first-order valence-electron chi connectivity index (χ1n) is 6.63. The highest BCUT2D eigenvalue weighted by atomic mass is 16.6. The number of rotatable bonds is 5. The molecule has 1 unspecified atom stereocenters. The normalized spacial score (nSPS) is 12.0. The zero-order valence-electron chi connectivity index (χ0n) is 13.0. The molecule has 0 saturated carbocycles. The number of azide groups is 1. The van der Waals surface area contributed by atoms with Gasteiger partial charge in [-0.25, -0.2) is 4.79 Å². The highest BCUT2D eigenvalue weighted by Crippen LogP contribution is 2.30. The lowest BCUT2D eigenvalue weighted by Gasteiger charge is -2.20. The number of nitrogens with zero attached hydrogens (tertiary/aromatic N) is 3. The van der Waals surface area contributed by atoms with E-state index in [1.54, 1.807) is 39.0 Å². The van der Waals surface area contributed by atoms with Gasteiger partial charge in [-0.15, -0.1) is 0 Å². The van der Waals surface area contributed by atoms with Crippen molar-refractivity contribution in [1.82, 2.24) is 0 Å². The fourth-order valence-corrected chi connectivity index (χ4v) is 1.75. The van der Waals surface area contributed by atoms with Gasteiger partial charge >= 0.3 is 6.09 Å². The molecule has 1 atom stereocenters. The van der Waals surface area contributed by atoms with Gasteiger partial charge in [0.1, 0.15) is 11.4 Å². The number of amides is 1. The third-order valence-electron chi connectivity index (χ3n) is 2.60. The number of methoxy groups -OCH3 is 1. The summed E-state index contributed by atoms with van der Waals surface area (Å²) >= 11 is 0. The Morgan fingerprint density at radius 1 is 1.50 bits per heavy atom. The third-order valence-corrected chi connectivity index (χ3v) is 2.60. The molecule has 0 spiro atoms. The lowest BCUT2D eigenvalue weighted by atomic mass is 10.1. The first-order valence-corrected chi connectivity index (χ1v) is 6.63. The molecule has 0 aliphatic rings. The second-order valence-corrected chi connectivity index (χ2v) is 5.49. The Kier molecular flexibility index (Phi) is 6.03. The summed E-state index contributed by atoms with van der Waals surface area (Å²) in [5, 5.41) is 15.4. The summed E-state index contributed by atoms with van der Waals surface area (Å²) in [5.74, 6) is 0.446. The zero-order valence-corrected chi connectivity index (χ0v) is 13.0. The minimum absolute atomic E-state index is 0.379. The smallest absolute Gasteiger partial charge is 0.412 e. The molecule has 1 aromatic rings. The van der Waals surface area contributed by atoms with Crippen LogP contribution in [0.15, 0.2) is 23.3 Å². The van der Waals surface area contributed by atoms with Crippen molar-refractivity contribution in [1.29, 1.82) is 0 Å². The van der Waals surface area contributed by atoms with Gasteiger partial charge in [0.15, 0.2) is 0 Å². The number of anilines is 1. The van der Waals surface area contributed by atoms with E-state index >= 15 is 0 Å². The number of hydrogen-bond acceptors (Lipinski definition) is 5. The maximum absolute atomic E-state index is 11.8. The molecule has 8 heteroatoms. The van der Waals surface area contributed by atoms with E-state index in [1.807, 2.05) is 0 Å². The molecule has 0 bridgehead atoms. The predicted octanol–water partition coefficient (Wildman–Crippen LogP) is 3.39. The van der Waals surface area contributed by atoms with Crippen molar-refractivity contribution in [2.75, 3.05) is 19.0 Å². The van der Waals surface area contributed by atoms with Crippen molar-refractivity contribution >= 4 is 11.8 Å². The molecular weight excluding hydrogens is 288 g/mol. The van der Waals surface area contributed by atoms with E-state index in [1.165, 1.54) is 7.11 Å². The SMILES string of the molecule is COc1ccc(NC(=O)OC(C)(C)C)cc1C(CO)N=[N+]=[N-]. The Morgan fingerprint density at radius 3 is 2.68 bits per heavy atom. The standard InChI is InChI=1S/C14H20N4O4/c1-14(2,3)22-13(20)16-9-5-6-12(21-4)10(7-9)11(8-19)17-18-15/h5-7,11,19H,8H2,1-4H3,(H,16,20). The van der Waals surface area contributed by atoms with Crippen LogP contribution in [0.2, 0.25) is 0 Å². The largest absolute Gasteiger partial charge is 0.496 e. The molecule has 8 nitrogen and oxygen atoms in total. The average Bonchev–Trinajstić information content (AvgIpc) is 2.42. The quantitative estimate of drug-likeness (QED) is 0.492. The Labute approximate surface area is 128 Å². The van der Waals surface area contributed by atoms with Crippen LogP contribution < -0.4 is 10.1 Å². The molecule has 1 aromatic carbocycles. The number of carbonyl (C=O) groups is 1. The summed E-state index contributed by atoms with van der Waals surface area (Å²) in [6.07, 6.45) is -0.604. The number of hydrogen-bond donors (Lipinski definition) is 2. The molecule has 0 aliphatic heterocycles. The Morgan fingerprint density at radius 2 is 2.18 bits per heavy atom. The molecule has 0 fully saturated rings. The Bertz CT molecular complexity index is 577. The summed E-state index contributed by atoms with van der Waals surface area (Å²) in [4.78, 5) is 14.5. The fourth-order valence-electron chi connectivity index (χ4n) is 1.75. The Hall–Kier alpha value is -2.44. The van der Waals surface area contributed by atoms with Crippen LogP contribution in [0.1, 0.15) is 32.4 Å². The lowest BCUT2D eigenvalue weighted by Crippen LogP contribution is -2.27. The van der Waals surface area contributed by atoms with E-state index in [4.69, 9.17) is 15.0 Å². The van der Waals surface area contributed by atoms with Crippen molar-refractivity contribution in [2.24, 2.45) is 5.11 Å². The van der Waals surface area contributed by atoms with Gasteiger partial charge in [0.25, 0.3) is 0 Å². The van der Waals surface area contributed by atoms with E-state index in [-0.39, 0.29) is 6.61 Å². The number of benzene rings is 1. The summed E-state index contributed by atoms with van der Waals surface area (Å²) < 4.78 is 10.3. The summed E-state index contributed by atoms with van der Waals surface area (Å²) in [5.41, 5.74) is 8.85. The van der Waals surface area contributed by atoms with E-state index in [2.05, 4.69) is 15.3 Å². The third kappa shape index (κ3) is 5.16. The molecule has 1 amide bonds. The maximum Gasteiger partial charge on any atom is 0.412 e. The van der Waals surface area contributed by atoms with Gasteiger partial charge in [0.2, 0.25) is 0 Å². The Balaban J connectivity index is 3.04. The van der Waals surface area contributed by atoms with Gasteiger partial charge in [0.05, 0.1) is 19.8 Å². The van der Waals surface area contributed by atoms with Crippen molar-refractivity contribution < 1.29 is 19.4 Å². The number of aliphatic hydroxyl groups is 1. The molecule has 22 heavy (non-hydrogen) atoms. The van der Waals surface area contributed by atoms with Crippen LogP contribution in [0.5, 0.6) is 5.75 Å². The van der Waals surface area contributed by atoms with Gasteiger partial charge in [-0.2, -0.15) is 0 Å². The molecule has 0 heterocycles. The second kappa shape index (κ2) is 7.53. The molecule has 0 aliphatic carbocycles. The van der Waals surface area contributed by atoms with Crippen LogP contribution in [0.25, 0.3) is 10.4 Å². The number of nitrogens with one attached hydrogen (secondary N) is 1. The van der Waals surface area contributed by atoms with Crippen molar-refractivity contribution in [3.05, 3.63) is 34.2 Å². The van der Waals surface area contributed by atoms with Gasteiger partial charge < -0.3 is 14.6 Å². The maximum atomic E-state index is 11.8. The topological polar surface area (TPSA) is 117 Å². The van der Waals surface area contributed by atoms with E-state index in [0.29, 0.717) is 17.0 Å². The van der Waals surface area contributed by atoms with Crippen molar-refractivity contribution in [3.8, 4) is 5.75 Å². The van der Waals surface area contributed by atoms with Crippen LogP contribution in [-0.4, -0.2) is 30.5 Å². The second-order valence-electron chi connectivity index (χ2n) is 5.49. The summed E-state index contributed by atoms with van der Waals surface area (Å²) in [6, 6.07) is 3.99. The minimum Gasteiger partial charge on any atom is -0.496 e. The highest BCUT2D eigenvalue weighted by Gasteiger charge is 2.18. The van der Waals surface area contributed by atoms with Gasteiger partial charge in [-0.05, 0) is 44.5 Å². The van der Waals surface area contributed by atoms with Crippen LogP contribution in [0.3, 0.4) is 0 Å². The van der Waals surface area contributed by atoms with E-state index in [0.717, 1.165) is 0 Å². The average molecular weight is 308 g/mol. The van der Waals surface area contributed by atoms with Crippen LogP contribution in [-0.2, 0) is 4.74 Å². The number of aliphatic hydroxyl groups excluding tert-OH is 1. The zero-order chi connectivity index (χ0) is 16.8. The van der Waals surface area contributed by atoms with Crippen molar-refractivity contribution in [2.45, 2.75) is 32.4 Å². The van der Waals surface area contributed by atoms with Gasteiger partial charge in [-0.3, -0.25) is 5.32 Å². The highest BCUT2D eigenvalue weighted by molar-refractivity contribution is 5.85. The molecule has 0 aromatic heterocycles. The summed E-state index contributed by atoms with van der Waals surface area (Å²) in [6.45, 7) is 4.90. The molecule has 1 rings (SSSR count). The van der Waals surface area contributed by atoms with Gasteiger partial charge in [-0.1, -0.05) is 5.11 Å². The lowest BCUT2D eigenvalue weighted by molar-refractivity contribution is 0.0636. The van der Waals surface area contributed by atoms with E-state index < -0.39 is 17.7 Å². The van der Waals surface area contributed by atoms with Crippen LogP contribution in [0.4, 0.5) is 10.5 Å². The predicted molar refractivity (Wildman–Crippen MR) is 81.8 cm³/mol. The molecule has 120 valence electrons. The summed E-state index contributed by atoms with van der Waals surface area (Å²) in [7, 11) is 1.46. The number of ether oxygens (including phenoxy) is 2. The first kappa shape index (κ1) is 17.6. The fraction of sp³-hybridized carbons (Fsp3) is 0.500. The molecular formula is C14H20N4O4. The van der Waals surface area contributed by atoms with Crippen LogP contribution in [0, 0.1) is 0 Å². The molecule has 2 N–H and O–H groups in total. The minimum atomic E-state index is -0.805. The first-order chi connectivity index (χ1) is 10.3. The van der Waals surface area contributed by atoms with Crippen molar-refractivity contribution in [3.63, 3.8) is 0 Å². The monoisotopic (exact) mass is 308 g/mol. The molecule has 0 saturated heterocycles. The van der Waals surface area contributed by atoms with E-state index in [9.17, 15) is 9.90 Å². The number of carbonyl (C=O) groups excluding carboxylic acids is 1. The van der Waals surface area contributed by atoms with Gasteiger partial charge in [0, 0.05) is 16.2 Å². The van der Waals surface area contributed by atoms with Crippen LogP contribution >= 0.6 is 0 Å².